The minimum Gasteiger partial charge on any atom is -0.380 e. The highest BCUT2D eigenvalue weighted by atomic mass is 19.1. The van der Waals surface area contributed by atoms with Crippen LogP contribution in [-0.2, 0) is 4.79 Å². The molecule has 1 heterocycles. The van der Waals surface area contributed by atoms with Crippen LogP contribution in [-0.4, -0.2) is 12.5 Å². The predicted molar refractivity (Wildman–Crippen MR) is 82.0 cm³/mol. The van der Waals surface area contributed by atoms with E-state index in [2.05, 4.69) is 10.6 Å². The molecule has 0 spiro atoms. The van der Waals surface area contributed by atoms with Gasteiger partial charge in [0.05, 0.1) is 11.6 Å². The summed E-state index contributed by atoms with van der Waals surface area (Å²) in [5.41, 5.74) is 1.28. The lowest BCUT2D eigenvalue weighted by Gasteiger charge is -2.26. The molecule has 1 aliphatic heterocycles. The van der Waals surface area contributed by atoms with Crippen molar-refractivity contribution in [2.45, 2.75) is 12.3 Å². The number of nitrogens with zero attached hydrogens (tertiary/aromatic N) is 1. The lowest BCUT2D eigenvalue weighted by atomic mass is 9.90. The van der Waals surface area contributed by atoms with Crippen LogP contribution < -0.4 is 10.6 Å². The van der Waals surface area contributed by atoms with Gasteiger partial charge < -0.3 is 10.6 Å². The molecule has 116 valence electrons. The molecule has 0 unspecified atom stereocenters. The first kappa shape index (κ1) is 15.0. The van der Waals surface area contributed by atoms with Crippen LogP contribution in [0.1, 0.15) is 23.5 Å². The van der Waals surface area contributed by atoms with Gasteiger partial charge in [0.25, 0.3) is 0 Å². The molecule has 1 amide bonds. The van der Waals surface area contributed by atoms with Crippen molar-refractivity contribution in [3.8, 4) is 6.07 Å². The topological polar surface area (TPSA) is 64.9 Å². The molecular weight excluding hydrogens is 300 g/mol. The van der Waals surface area contributed by atoms with Crippen molar-refractivity contribution in [3.05, 3.63) is 59.2 Å². The molecule has 0 bridgehead atoms. The van der Waals surface area contributed by atoms with Crippen molar-refractivity contribution in [1.29, 1.82) is 5.26 Å². The number of carbonyl (C=O) groups excluding carboxylic acids is 1. The summed E-state index contributed by atoms with van der Waals surface area (Å²) in [5, 5.41) is 14.2. The quantitative estimate of drug-likeness (QED) is 0.913. The molecule has 0 fully saturated rings. The van der Waals surface area contributed by atoms with Crippen LogP contribution >= 0.6 is 0 Å². The van der Waals surface area contributed by atoms with Crippen molar-refractivity contribution in [2.75, 3.05) is 17.2 Å². The molecule has 2 aromatic rings. The van der Waals surface area contributed by atoms with Gasteiger partial charge in [0.1, 0.15) is 5.69 Å². The van der Waals surface area contributed by atoms with Gasteiger partial charge in [0.2, 0.25) is 5.91 Å². The number of fused-ring (bicyclic) bond motifs is 1. The molecule has 6 heteroatoms. The third kappa shape index (κ3) is 2.99. The van der Waals surface area contributed by atoms with Gasteiger partial charge in [-0.3, -0.25) is 4.79 Å². The summed E-state index contributed by atoms with van der Waals surface area (Å²) in [6, 6.07) is 11.0. The fourth-order valence-corrected chi connectivity index (χ4v) is 2.72. The number of rotatable bonds is 3. The number of hydrogen-bond donors (Lipinski definition) is 2. The molecular formula is C17H13F2N3O. The maximum atomic E-state index is 13.9. The van der Waals surface area contributed by atoms with Gasteiger partial charge in [-0.05, 0) is 23.8 Å². The molecule has 0 aromatic heterocycles. The van der Waals surface area contributed by atoms with E-state index in [9.17, 15) is 13.6 Å². The second-order valence-electron chi connectivity index (χ2n) is 5.34. The van der Waals surface area contributed by atoms with Gasteiger partial charge in [-0.1, -0.05) is 18.2 Å². The molecule has 0 saturated heterocycles. The van der Waals surface area contributed by atoms with Crippen molar-refractivity contribution >= 4 is 17.3 Å². The smallest absolute Gasteiger partial charge is 0.225 e. The Bertz CT molecular complexity index is 791. The standard InChI is InChI=1S/C17H13F2N3O/c18-13-5-10(8-20)6-14(19)17(13)21-9-11-7-16(23)22-15-4-2-1-3-12(11)15/h1-6,11,21H,7,9H2,(H,22,23)/t11-/m1/s1. The Kier molecular flexibility index (Phi) is 3.94. The van der Waals surface area contributed by atoms with Gasteiger partial charge in [0.15, 0.2) is 11.6 Å². The highest BCUT2D eigenvalue weighted by Gasteiger charge is 2.25. The number of nitriles is 1. The summed E-state index contributed by atoms with van der Waals surface area (Å²) < 4.78 is 27.8. The number of hydrogen-bond acceptors (Lipinski definition) is 3. The fourth-order valence-electron chi connectivity index (χ4n) is 2.72. The zero-order chi connectivity index (χ0) is 16.4. The molecule has 0 radical (unpaired) electrons. The number of carbonyl (C=O) groups is 1. The molecule has 0 saturated carbocycles. The largest absolute Gasteiger partial charge is 0.380 e. The summed E-state index contributed by atoms with van der Waals surface area (Å²) in [6.07, 6.45) is 0.240. The highest BCUT2D eigenvalue weighted by Crippen LogP contribution is 2.32. The van der Waals surface area contributed by atoms with Crippen LogP contribution in [0, 0.1) is 23.0 Å². The summed E-state index contributed by atoms with van der Waals surface area (Å²) in [6.45, 7) is 0.212. The number of anilines is 2. The first-order valence-electron chi connectivity index (χ1n) is 7.10. The first-order valence-corrected chi connectivity index (χ1v) is 7.10. The predicted octanol–water partition coefficient (Wildman–Crippen LogP) is 3.37. The van der Waals surface area contributed by atoms with Crippen LogP contribution in [0.4, 0.5) is 20.2 Å². The Hall–Kier alpha value is -2.94. The highest BCUT2D eigenvalue weighted by molar-refractivity contribution is 5.94. The van der Waals surface area contributed by atoms with Crippen molar-refractivity contribution in [1.82, 2.24) is 0 Å². The third-order valence-electron chi connectivity index (χ3n) is 3.80. The number of nitrogens with one attached hydrogen (secondary N) is 2. The van der Waals surface area contributed by atoms with E-state index in [1.165, 1.54) is 0 Å². The Morgan fingerprint density at radius 1 is 1.26 bits per heavy atom. The summed E-state index contributed by atoms with van der Waals surface area (Å²) in [5.74, 6) is -1.96. The summed E-state index contributed by atoms with van der Waals surface area (Å²) >= 11 is 0. The van der Waals surface area contributed by atoms with Gasteiger partial charge in [0, 0.05) is 24.6 Å². The lowest BCUT2D eigenvalue weighted by molar-refractivity contribution is -0.116. The van der Waals surface area contributed by atoms with Crippen LogP contribution in [0.15, 0.2) is 36.4 Å². The van der Waals surface area contributed by atoms with Crippen molar-refractivity contribution < 1.29 is 13.6 Å². The average Bonchev–Trinajstić information content (AvgIpc) is 2.53. The van der Waals surface area contributed by atoms with Gasteiger partial charge >= 0.3 is 0 Å². The number of amides is 1. The van der Waals surface area contributed by atoms with E-state index in [1.54, 1.807) is 12.1 Å². The molecule has 1 atom stereocenters. The number of benzene rings is 2. The Labute approximate surface area is 131 Å². The summed E-state index contributed by atoms with van der Waals surface area (Å²) in [4.78, 5) is 11.7. The van der Waals surface area contributed by atoms with E-state index < -0.39 is 11.6 Å². The molecule has 4 nitrogen and oxygen atoms in total. The Morgan fingerprint density at radius 2 is 1.96 bits per heavy atom. The fraction of sp³-hybridized carbons (Fsp3) is 0.176. The number of halogens is 2. The van der Waals surface area contributed by atoms with E-state index in [1.807, 2.05) is 18.2 Å². The van der Waals surface area contributed by atoms with Crippen molar-refractivity contribution in [2.24, 2.45) is 0 Å². The molecule has 23 heavy (non-hydrogen) atoms. The average molecular weight is 313 g/mol. The minimum atomic E-state index is -0.824. The molecule has 2 aromatic carbocycles. The van der Waals surface area contributed by atoms with E-state index in [0.29, 0.717) is 0 Å². The first-order chi connectivity index (χ1) is 11.1. The summed E-state index contributed by atoms with van der Waals surface area (Å²) in [7, 11) is 0. The SMILES string of the molecule is N#Cc1cc(F)c(NC[C@H]2CC(=O)Nc3ccccc32)c(F)c1. The van der Waals surface area contributed by atoms with E-state index in [4.69, 9.17) is 5.26 Å². The van der Waals surface area contributed by atoms with E-state index in [-0.39, 0.29) is 36.0 Å². The second kappa shape index (κ2) is 6.05. The maximum Gasteiger partial charge on any atom is 0.225 e. The van der Waals surface area contributed by atoms with Gasteiger partial charge in [-0.15, -0.1) is 0 Å². The van der Waals surface area contributed by atoms with E-state index >= 15 is 0 Å². The Morgan fingerprint density at radius 3 is 2.65 bits per heavy atom. The van der Waals surface area contributed by atoms with Crippen LogP contribution in [0.3, 0.4) is 0 Å². The third-order valence-corrected chi connectivity index (χ3v) is 3.80. The molecule has 3 rings (SSSR count). The Balaban J connectivity index is 1.82. The maximum absolute atomic E-state index is 13.9. The number of para-hydroxylation sites is 1. The molecule has 1 aliphatic rings. The molecule has 0 aliphatic carbocycles. The van der Waals surface area contributed by atoms with Crippen LogP contribution in [0.25, 0.3) is 0 Å². The minimum absolute atomic E-state index is 0.0760. The zero-order valence-electron chi connectivity index (χ0n) is 12.1. The molecule has 2 N–H and O–H groups in total. The monoisotopic (exact) mass is 313 g/mol. The van der Waals surface area contributed by atoms with Crippen molar-refractivity contribution in [3.63, 3.8) is 0 Å². The van der Waals surface area contributed by atoms with Gasteiger partial charge in [-0.2, -0.15) is 5.26 Å². The van der Waals surface area contributed by atoms with Crippen LogP contribution in [0.2, 0.25) is 0 Å². The normalized spacial score (nSPS) is 16.2. The van der Waals surface area contributed by atoms with Gasteiger partial charge in [-0.25, -0.2) is 8.78 Å². The zero-order valence-corrected chi connectivity index (χ0v) is 12.1. The second-order valence-corrected chi connectivity index (χ2v) is 5.34. The lowest BCUT2D eigenvalue weighted by Crippen LogP contribution is -2.27. The van der Waals surface area contributed by atoms with Crippen LogP contribution in [0.5, 0.6) is 0 Å². The van der Waals surface area contributed by atoms with E-state index in [0.717, 1.165) is 23.4 Å².